The molecule has 1 aliphatic rings. The zero-order valence-electron chi connectivity index (χ0n) is 17.4. The van der Waals surface area contributed by atoms with Crippen molar-refractivity contribution in [3.63, 3.8) is 0 Å². The number of para-hydroxylation sites is 1. The molecule has 6 heteroatoms. The van der Waals surface area contributed by atoms with E-state index in [2.05, 4.69) is 41.0 Å². The maximum Gasteiger partial charge on any atom is 0.161 e. The summed E-state index contributed by atoms with van der Waals surface area (Å²) in [6.45, 7) is 8.09. The Bertz CT molecular complexity index is 831. The normalized spacial score (nSPS) is 15.8. The van der Waals surface area contributed by atoms with Crippen molar-refractivity contribution in [3.05, 3.63) is 53.6 Å². The van der Waals surface area contributed by atoms with Gasteiger partial charge >= 0.3 is 0 Å². The summed E-state index contributed by atoms with van der Waals surface area (Å²) in [5, 5.41) is 10.4. The maximum absolute atomic E-state index is 11.5. The molecule has 1 atom stereocenters. The highest BCUT2D eigenvalue weighted by atomic mass is 16.5. The number of ether oxygens (including phenoxy) is 2. The van der Waals surface area contributed by atoms with Crippen molar-refractivity contribution < 1.29 is 19.4 Å². The first-order valence-corrected chi connectivity index (χ1v) is 10.0. The molecule has 1 N–H and O–H groups in total. The van der Waals surface area contributed by atoms with Crippen LogP contribution in [0, 0.1) is 6.92 Å². The molecule has 6 nitrogen and oxygen atoms in total. The standard InChI is InChI=1S/C23H30N2O4/c1-17-6-4-5-7-21(17)25-12-10-24(11-13-25)15-20(27)16-29-22-9-8-19(18(2)26)14-23(22)28-3/h4-9,14,20,27H,10-13,15-16H2,1-3H3. The molecule has 156 valence electrons. The summed E-state index contributed by atoms with van der Waals surface area (Å²) in [4.78, 5) is 16.2. The summed E-state index contributed by atoms with van der Waals surface area (Å²) in [5.41, 5.74) is 3.15. The topological polar surface area (TPSA) is 62.2 Å². The van der Waals surface area contributed by atoms with Gasteiger partial charge in [-0.2, -0.15) is 0 Å². The maximum atomic E-state index is 11.5. The first kappa shape index (κ1) is 21.1. The molecule has 1 fully saturated rings. The number of Topliss-reactive ketones (excluding diaryl/α,β-unsaturated/α-hetero) is 1. The Morgan fingerprint density at radius 2 is 1.83 bits per heavy atom. The minimum absolute atomic E-state index is 0.0280. The Morgan fingerprint density at radius 1 is 1.10 bits per heavy atom. The predicted octanol–water partition coefficient (Wildman–Crippen LogP) is 2.77. The van der Waals surface area contributed by atoms with E-state index in [0.29, 0.717) is 23.6 Å². The summed E-state index contributed by atoms with van der Waals surface area (Å²) in [5.74, 6) is 0.998. The molecule has 0 aromatic heterocycles. The lowest BCUT2D eigenvalue weighted by Gasteiger charge is -2.37. The summed E-state index contributed by atoms with van der Waals surface area (Å²) in [6.07, 6.45) is -0.600. The van der Waals surface area contributed by atoms with E-state index < -0.39 is 6.10 Å². The number of benzene rings is 2. The quantitative estimate of drug-likeness (QED) is 0.690. The van der Waals surface area contributed by atoms with Crippen LogP contribution in [0.5, 0.6) is 11.5 Å². The molecule has 0 radical (unpaired) electrons. The van der Waals surface area contributed by atoms with Gasteiger partial charge in [0.25, 0.3) is 0 Å². The van der Waals surface area contributed by atoms with Crippen LogP contribution in [0.2, 0.25) is 0 Å². The number of carbonyl (C=O) groups excluding carboxylic acids is 1. The number of aryl methyl sites for hydroxylation is 1. The minimum atomic E-state index is -0.600. The first-order chi connectivity index (χ1) is 14.0. The number of carbonyl (C=O) groups is 1. The van der Waals surface area contributed by atoms with Crippen LogP contribution in [0.3, 0.4) is 0 Å². The number of β-amino-alcohol motifs (C(OH)–C–C–N with tert-alkyl or cyclic N) is 1. The number of aliphatic hydroxyl groups is 1. The van der Waals surface area contributed by atoms with Gasteiger partial charge in [-0.25, -0.2) is 0 Å². The molecule has 2 aromatic rings. The Kier molecular flexibility index (Phi) is 7.12. The second-order valence-electron chi connectivity index (χ2n) is 7.46. The number of aliphatic hydroxyl groups excluding tert-OH is 1. The van der Waals surface area contributed by atoms with Gasteiger partial charge in [0.05, 0.1) is 7.11 Å². The van der Waals surface area contributed by atoms with Gasteiger partial charge in [-0.15, -0.1) is 0 Å². The molecule has 29 heavy (non-hydrogen) atoms. The number of anilines is 1. The van der Waals surface area contributed by atoms with Crippen molar-refractivity contribution in [2.45, 2.75) is 20.0 Å². The monoisotopic (exact) mass is 398 g/mol. The number of rotatable bonds is 8. The van der Waals surface area contributed by atoms with Gasteiger partial charge in [-0.05, 0) is 43.7 Å². The van der Waals surface area contributed by atoms with Crippen molar-refractivity contribution in [2.24, 2.45) is 0 Å². The van der Waals surface area contributed by atoms with E-state index in [1.807, 2.05) is 0 Å². The molecule has 0 saturated carbocycles. The van der Waals surface area contributed by atoms with E-state index in [4.69, 9.17) is 9.47 Å². The van der Waals surface area contributed by atoms with Crippen molar-refractivity contribution in [1.82, 2.24) is 4.90 Å². The third-order valence-corrected chi connectivity index (χ3v) is 5.30. The van der Waals surface area contributed by atoms with E-state index in [0.717, 1.165) is 26.2 Å². The van der Waals surface area contributed by atoms with E-state index in [9.17, 15) is 9.90 Å². The highest BCUT2D eigenvalue weighted by Gasteiger charge is 2.21. The van der Waals surface area contributed by atoms with Crippen LogP contribution in [0.25, 0.3) is 0 Å². The third kappa shape index (κ3) is 5.49. The number of hydrogen-bond acceptors (Lipinski definition) is 6. The van der Waals surface area contributed by atoms with Crippen LogP contribution in [-0.4, -0.2) is 68.3 Å². The Labute approximate surface area is 172 Å². The average molecular weight is 399 g/mol. The number of hydrogen-bond donors (Lipinski definition) is 1. The van der Waals surface area contributed by atoms with Gasteiger partial charge in [0.15, 0.2) is 17.3 Å². The predicted molar refractivity (Wildman–Crippen MR) is 114 cm³/mol. The fraction of sp³-hybridized carbons (Fsp3) is 0.435. The molecule has 1 unspecified atom stereocenters. The number of ketones is 1. The third-order valence-electron chi connectivity index (χ3n) is 5.30. The zero-order valence-corrected chi connectivity index (χ0v) is 17.4. The molecular formula is C23H30N2O4. The lowest BCUT2D eigenvalue weighted by Crippen LogP contribution is -2.49. The largest absolute Gasteiger partial charge is 0.493 e. The summed E-state index contributed by atoms with van der Waals surface area (Å²) >= 11 is 0. The highest BCUT2D eigenvalue weighted by Crippen LogP contribution is 2.28. The van der Waals surface area contributed by atoms with E-state index in [-0.39, 0.29) is 12.4 Å². The van der Waals surface area contributed by atoms with Gasteiger partial charge in [-0.1, -0.05) is 18.2 Å². The van der Waals surface area contributed by atoms with Crippen molar-refractivity contribution in [3.8, 4) is 11.5 Å². The van der Waals surface area contributed by atoms with Gasteiger partial charge in [-0.3, -0.25) is 9.69 Å². The molecule has 3 rings (SSSR count). The molecule has 0 aliphatic carbocycles. The average Bonchev–Trinajstić information content (AvgIpc) is 2.73. The van der Waals surface area contributed by atoms with Crippen LogP contribution >= 0.6 is 0 Å². The first-order valence-electron chi connectivity index (χ1n) is 10.0. The zero-order chi connectivity index (χ0) is 20.8. The van der Waals surface area contributed by atoms with Crippen LogP contribution in [0.15, 0.2) is 42.5 Å². The van der Waals surface area contributed by atoms with Crippen molar-refractivity contribution in [1.29, 1.82) is 0 Å². The fourth-order valence-corrected chi connectivity index (χ4v) is 3.63. The number of methoxy groups -OCH3 is 1. The van der Waals surface area contributed by atoms with Gasteiger partial charge < -0.3 is 19.5 Å². The number of nitrogens with zero attached hydrogens (tertiary/aromatic N) is 2. The summed E-state index contributed by atoms with van der Waals surface area (Å²) in [7, 11) is 1.54. The van der Waals surface area contributed by atoms with Gasteiger partial charge in [0.2, 0.25) is 0 Å². The smallest absolute Gasteiger partial charge is 0.161 e. The van der Waals surface area contributed by atoms with Crippen LogP contribution < -0.4 is 14.4 Å². The van der Waals surface area contributed by atoms with Gasteiger partial charge in [0, 0.05) is 44.0 Å². The highest BCUT2D eigenvalue weighted by molar-refractivity contribution is 5.94. The molecule has 0 amide bonds. The minimum Gasteiger partial charge on any atom is -0.493 e. The molecule has 2 aromatic carbocycles. The van der Waals surface area contributed by atoms with Crippen LogP contribution in [0.1, 0.15) is 22.8 Å². The molecule has 0 bridgehead atoms. The Balaban J connectivity index is 1.48. The Morgan fingerprint density at radius 3 is 2.48 bits per heavy atom. The lowest BCUT2D eigenvalue weighted by molar-refractivity contribution is 0.0653. The fourth-order valence-electron chi connectivity index (χ4n) is 3.63. The van der Waals surface area contributed by atoms with Crippen molar-refractivity contribution >= 4 is 11.5 Å². The molecule has 1 saturated heterocycles. The van der Waals surface area contributed by atoms with Crippen molar-refractivity contribution in [2.75, 3.05) is 51.3 Å². The second kappa shape index (κ2) is 9.76. The molecule has 0 spiro atoms. The van der Waals surface area contributed by atoms with Gasteiger partial charge in [0.1, 0.15) is 12.7 Å². The van der Waals surface area contributed by atoms with E-state index >= 15 is 0 Å². The SMILES string of the molecule is COc1cc(C(C)=O)ccc1OCC(O)CN1CCN(c2ccccc2C)CC1. The number of piperazine rings is 1. The molecule has 1 aliphatic heterocycles. The summed E-state index contributed by atoms with van der Waals surface area (Å²) in [6, 6.07) is 13.5. The van der Waals surface area contributed by atoms with Crippen LogP contribution in [0.4, 0.5) is 5.69 Å². The lowest BCUT2D eigenvalue weighted by atomic mass is 10.1. The second-order valence-corrected chi connectivity index (χ2v) is 7.46. The van der Waals surface area contributed by atoms with E-state index in [1.165, 1.54) is 25.3 Å². The molecular weight excluding hydrogens is 368 g/mol. The molecule has 1 heterocycles. The Hall–Kier alpha value is -2.57. The van der Waals surface area contributed by atoms with Crippen LogP contribution in [-0.2, 0) is 0 Å². The summed E-state index contributed by atoms with van der Waals surface area (Å²) < 4.78 is 11.1. The van der Waals surface area contributed by atoms with E-state index in [1.54, 1.807) is 18.2 Å².